The van der Waals surface area contributed by atoms with Crippen LogP contribution in [0.15, 0.2) is 24.3 Å². The minimum atomic E-state index is -0.0197. The van der Waals surface area contributed by atoms with Gasteiger partial charge in [0.2, 0.25) is 5.91 Å². The molecule has 0 spiro atoms. The van der Waals surface area contributed by atoms with Crippen molar-refractivity contribution in [1.29, 1.82) is 0 Å². The molecule has 0 radical (unpaired) electrons. The van der Waals surface area contributed by atoms with Crippen molar-refractivity contribution in [3.8, 4) is 0 Å². The smallest absolute Gasteiger partial charge is 0.221 e. The number of hydrogen-bond acceptors (Lipinski definition) is 2. The Kier molecular flexibility index (Phi) is 5.45. The molecule has 0 aromatic heterocycles. The van der Waals surface area contributed by atoms with Gasteiger partial charge in [0.25, 0.3) is 0 Å². The molecule has 94 valence electrons. The molecule has 1 aromatic carbocycles. The lowest BCUT2D eigenvalue weighted by molar-refractivity contribution is -0.114. The van der Waals surface area contributed by atoms with Gasteiger partial charge in [-0.1, -0.05) is 18.6 Å². The van der Waals surface area contributed by atoms with Gasteiger partial charge in [-0.05, 0) is 37.1 Å². The number of hydrogen-bond donors (Lipinski definition) is 2. The monoisotopic (exact) mass is 254 g/mol. The first-order valence-electron chi connectivity index (χ1n) is 5.86. The van der Waals surface area contributed by atoms with Crippen LogP contribution in [-0.2, 0) is 4.79 Å². The molecule has 2 N–H and O–H groups in total. The number of benzene rings is 1. The maximum Gasteiger partial charge on any atom is 0.221 e. The van der Waals surface area contributed by atoms with Gasteiger partial charge in [0.15, 0.2) is 0 Å². The van der Waals surface area contributed by atoms with E-state index in [1.165, 1.54) is 31.7 Å². The average Bonchev–Trinajstić information content (AvgIpc) is 2.30. The van der Waals surface area contributed by atoms with Crippen LogP contribution < -0.4 is 10.6 Å². The van der Waals surface area contributed by atoms with Crippen LogP contribution in [0.4, 0.5) is 5.69 Å². The fraction of sp³-hybridized carbons (Fsp3) is 0.462. The van der Waals surface area contributed by atoms with Crippen molar-refractivity contribution in [2.75, 3.05) is 11.9 Å². The Morgan fingerprint density at radius 2 is 2.24 bits per heavy atom. The molecule has 1 fully saturated rings. The Bertz CT molecular complexity index is 375. The number of carbonyl (C=O) groups is 1. The molecule has 1 aliphatic rings. The van der Waals surface area contributed by atoms with Crippen molar-refractivity contribution in [2.24, 2.45) is 0 Å². The molecular weight excluding hydrogens is 236 g/mol. The highest BCUT2D eigenvalue weighted by molar-refractivity contribution is 5.88. The minimum absolute atomic E-state index is 0. The van der Waals surface area contributed by atoms with E-state index in [0.717, 1.165) is 12.2 Å². The molecule has 4 heteroatoms. The minimum Gasteiger partial charge on any atom is -0.326 e. The lowest BCUT2D eigenvalue weighted by Gasteiger charge is -2.24. The highest BCUT2D eigenvalue weighted by atomic mass is 35.5. The molecule has 1 aliphatic heterocycles. The summed E-state index contributed by atoms with van der Waals surface area (Å²) in [7, 11) is 0. The molecule has 0 aliphatic carbocycles. The number of amides is 1. The normalized spacial score (nSPS) is 19.2. The van der Waals surface area contributed by atoms with E-state index in [0.29, 0.717) is 6.04 Å². The Balaban J connectivity index is 0.00000144. The SMILES string of the molecule is CC(=O)Nc1cccc([C@H]2CCCCN2)c1.Cl. The number of halogens is 1. The van der Waals surface area contributed by atoms with E-state index in [4.69, 9.17) is 0 Å². The highest BCUT2D eigenvalue weighted by Crippen LogP contribution is 2.24. The first-order chi connectivity index (χ1) is 7.75. The van der Waals surface area contributed by atoms with E-state index in [9.17, 15) is 4.79 Å². The van der Waals surface area contributed by atoms with Crippen LogP contribution in [0.5, 0.6) is 0 Å². The van der Waals surface area contributed by atoms with Crippen LogP contribution in [0.2, 0.25) is 0 Å². The van der Waals surface area contributed by atoms with E-state index >= 15 is 0 Å². The van der Waals surface area contributed by atoms with Crippen LogP contribution in [0.1, 0.15) is 37.8 Å². The second kappa shape index (κ2) is 6.62. The molecule has 1 amide bonds. The largest absolute Gasteiger partial charge is 0.326 e. The summed E-state index contributed by atoms with van der Waals surface area (Å²) in [6, 6.07) is 8.55. The van der Waals surface area contributed by atoms with Gasteiger partial charge < -0.3 is 10.6 Å². The number of piperidine rings is 1. The Labute approximate surface area is 108 Å². The molecule has 0 bridgehead atoms. The summed E-state index contributed by atoms with van der Waals surface area (Å²) in [5.74, 6) is -0.0197. The van der Waals surface area contributed by atoms with Gasteiger partial charge >= 0.3 is 0 Å². The topological polar surface area (TPSA) is 41.1 Å². The zero-order valence-electron chi connectivity index (χ0n) is 10.0. The van der Waals surface area contributed by atoms with Crippen molar-refractivity contribution in [3.05, 3.63) is 29.8 Å². The molecule has 1 saturated heterocycles. The second-order valence-corrected chi connectivity index (χ2v) is 4.31. The summed E-state index contributed by atoms with van der Waals surface area (Å²) in [6.07, 6.45) is 3.73. The van der Waals surface area contributed by atoms with E-state index in [1.54, 1.807) is 0 Å². The predicted octanol–water partition coefficient (Wildman–Crippen LogP) is 2.88. The molecule has 2 rings (SSSR count). The van der Waals surface area contributed by atoms with E-state index in [1.807, 2.05) is 12.1 Å². The summed E-state index contributed by atoms with van der Waals surface area (Å²) >= 11 is 0. The summed E-state index contributed by atoms with van der Waals surface area (Å²) in [5.41, 5.74) is 2.16. The van der Waals surface area contributed by atoms with Crippen LogP contribution in [-0.4, -0.2) is 12.5 Å². The van der Waals surface area contributed by atoms with Crippen LogP contribution in [0.3, 0.4) is 0 Å². The van der Waals surface area contributed by atoms with Gasteiger partial charge in [0, 0.05) is 18.7 Å². The van der Waals surface area contributed by atoms with Crippen molar-refractivity contribution in [1.82, 2.24) is 5.32 Å². The van der Waals surface area contributed by atoms with Crippen molar-refractivity contribution in [3.63, 3.8) is 0 Å². The Hall–Kier alpha value is -1.06. The number of carbonyl (C=O) groups excluding carboxylic acids is 1. The van der Waals surface area contributed by atoms with Crippen LogP contribution in [0.25, 0.3) is 0 Å². The summed E-state index contributed by atoms with van der Waals surface area (Å²) < 4.78 is 0. The Morgan fingerprint density at radius 1 is 1.41 bits per heavy atom. The van der Waals surface area contributed by atoms with Crippen molar-refractivity contribution in [2.45, 2.75) is 32.2 Å². The lowest BCUT2D eigenvalue weighted by Crippen LogP contribution is -2.26. The van der Waals surface area contributed by atoms with Crippen LogP contribution >= 0.6 is 12.4 Å². The van der Waals surface area contributed by atoms with Gasteiger partial charge in [-0.15, -0.1) is 12.4 Å². The maximum absolute atomic E-state index is 11.0. The maximum atomic E-state index is 11.0. The summed E-state index contributed by atoms with van der Waals surface area (Å²) in [4.78, 5) is 11.0. The number of nitrogens with one attached hydrogen (secondary N) is 2. The van der Waals surface area contributed by atoms with Gasteiger partial charge in [-0.3, -0.25) is 4.79 Å². The van der Waals surface area contributed by atoms with Gasteiger partial charge in [0.1, 0.15) is 0 Å². The molecule has 17 heavy (non-hydrogen) atoms. The fourth-order valence-corrected chi connectivity index (χ4v) is 2.17. The standard InChI is InChI=1S/C13H18N2O.ClH/c1-10(16)15-12-6-4-5-11(9-12)13-7-2-3-8-14-13;/h4-6,9,13-14H,2-3,7-8H2,1H3,(H,15,16);1H/t13-;/m1./s1. The lowest BCUT2D eigenvalue weighted by atomic mass is 9.97. The highest BCUT2D eigenvalue weighted by Gasteiger charge is 2.14. The predicted molar refractivity (Wildman–Crippen MR) is 72.6 cm³/mol. The molecule has 0 unspecified atom stereocenters. The molecule has 3 nitrogen and oxygen atoms in total. The third-order valence-electron chi connectivity index (χ3n) is 2.92. The third kappa shape index (κ3) is 4.02. The zero-order chi connectivity index (χ0) is 11.4. The fourth-order valence-electron chi connectivity index (χ4n) is 2.17. The van der Waals surface area contributed by atoms with Gasteiger partial charge in [0.05, 0.1) is 0 Å². The van der Waals surface area contributed by atoms with Crippen molar-refractivity contribution < 1.29 is 4.79 Å². The van der Waals surface area contributed by atoms with Crippen molar-refractivity contribution >= 4 is 24.0 Å². The summed E-state index contributed by atoms with van der Waals surface area (Å²) in [6.45, 7) is 2.63. The zero-order valence-corrected chi connectivity index (χ0v) is 10.8. The first kappa shape index (κ1) is 14.0. The van der Waals surface area contributed by atoms with E-state index < -0.39 is 0 Å². The first-order valence-corrected chi connectivity index (χ1v) is 5.86. The van der Waals surface area contributed by atoms with Gasteiger partial charge in [-0.25, -0.2) is 0 Å². The van der Waals surface area contributed by atoms with Crippen LogP contribution in [0, 0.1) is 0 Å². The molecule has 1 heterocycles. The van der Waals surface area contributed by atoms with E-state index in [2.05, 4.69) is 22.8 Å². The molecule has 1 atom stereocenters. The summed E-state index contributed by atoms with van der Waals surface area (Å²) in [5, 5.41) is 6.32. The average molecular weight is 255 g/mol. The molecule has 1 aromatic rings. The van der Waals surface area contributed by atoms with Gasteiger partial charge in [-0.2, -0.15) is 0 Å². The number of anilines is 1. The number of rotatable bonds is 2. The quantitative estimate of drug-likeness (QED) is 0.852. The molecular formula is C13H19ClN2O. The Morgan fingerprint density at radius 3 is 2.88 bits per heavy atom. The van der Waals surface area contributed by atoms with E-state index in [-0.39, 0.29) is 18.3 Å². The molecule has 0 saturated carbocycles. The second-order valence-electron chi connectivity index (χ2n) is 4.31. The third-order valence-corrected chi connectivity index (χ3v) is 2.92.